The van der Waals surface area contributed by atoms with E-state index in [0.717, 1.165) is 0 Å². The van der Waals surface area contributed by atoms with E-state index in [0.29, 0.717) is 5.69 Å². The van der Waals surface area contributed by atoms with Gasteiger partial charge in [-0.25, -0.2) is 8.42 Å². The van der Waals surface area contributed by atoms with Gasteiger partial charge in [-0.15, -0.1) is 0 Å². The van der Waals surface area contributed by atoms with Crippen LogP contribution in [0.1, 0.15) is 20.8 Å². The zero-order valence-electron chi connectivity index (χ0n) is 14.3. The van der Waals surface area contributed by atoms with E-state index in [1.54, 1.807) is 51.1 Å². The first-order valence-electron chi connectivity index (χ1n) is 7.78. The van der Waals surface area contributed by atoms with Gasteiger partial charge in [0.25, 0.3) is 0 Å². The number of aliphatic hydroxyl groups is 2. The van der Waals surface area contributed by atoms with Gasteiger partial charge in [0.05, 0.1) is 18.0 Å². The van der Waals surface area contributed by atoms with Gasteiger partial charge in [0.1, 0.15) is 6.10 Å². The maximum atomic E-state index is 12.4. The van der Waals surface area contributed by atoms with Crippen molar-refractivity contribution in [2.75, 3.05) is 29.8 Å². The third-order valence-corrected chi connectivity index (χ3v) is 5.58. The lowest BCUT2D eigenvalue weighted by molar-refractivity contribution is -0.136. The van der Waals surface area contributed by atoms with E-state index in [2.05, 4.69) is 5.32 Å². The Morgan fingerprint density at radius 2 is 1.88 bits per heavy atom. The molecule has 7 nitrogen and oxygen atoms in total. The predicted molar refractivity (Wildman–Crippen MR) is 93.1 cm³/mol. The SMILES string of the molecule is CCN(c1ccccc1)S(=O)(=O)CCNC(=O)C(O)C(C)(C)CO. The summed E-state index contributed by atoms with van der Waals surface area (Å²) in [6.45, 7) is 4.61. The second kappa shape index (κ2) is 8.46. The van der Waals surface area contributed by atoms with Gasteiger partial charge in [-0.1, -0.05) is 32.0 Å². The molecule has 1 atom stereocenters. The van der Waals surface area contributed by atoms with E-state index >= 15 is 0 Å². The van der Waals surface area contributed by atoms with Crippen molar-refractivity contribution in [3.63, 3.8) is 0 Å². The Labute approximate surface area is 143 Å². The zero-order chi connectivity index (χ0) is 18.4. The topological polar surface area (TPSA) is 107 Å². The van der Waals surface area contributed by atoms with Gasteiger partial charge in [-0.05, 0) is 19.1 Å². The van der Waals surface area contributed by atoms with Crippen LogP contribution >= 0.6 is 0 Å². The Balaban J connectivity index is 2.67. The molecule has 1 amide bonds. The number of carbonyl (C=O) groups excluding carboxylic acids is 1. The summed E-state index contributed by atoms with van der Waals surface area (Å²) in [7, 11) is -3.60. The Bertz CT molecular complexity index is 631. The van der Waals surface area contributed by atoms with E-state index in [4.69, 9.17) is 5.11 Å². The monoisotopic (exact) mass is 358 g/mol. The highest BCUT2D eigenvalue weighted by Gasteiger charge is 2.33. The van der Waals surface area contributed by atoms with Crippen molar-refractivity contribution in [3.8, 4) is 0 Å². The molecule has 3 N–H and O–H groups in total. The number of nitrogens with one attached hydrogen (secondary N) is 1. The van der Waals surface area contributed by atoms with Crippen LogP contribution < -0.4 is 9.62 Å². The summed E-state index contributed by atoms with van der Waals surface area (Å²) in [6.07, 6.45) is -1.42. The number of anilines is 1. The molecule has 1 aromatic rings. The molecule has 0 aliphatic heterocycles. The fraction of sp³-hybridized carbons (Fsp3) is 0.562. The van der Waals surface area contributed by atoms with Crippen LogP contribution in [0.3, 0.4) is 0 Å². The summed E-state index contributed by atoms with van der Waals surface area (Å²) in [6, 6.07) is 8.71. The van der Waals surface area contributed by atoms with Crippen LogP contribution in [0.5, 0.6) is 0 Å². The van der Waals surface area contributed by atoms with Crippen LogP contribution in [0.4, 0.5) is 5.69 Å². The number of para-hydroxylation sites is 1. The molecular formula is C16H26N2O5S. The molecule has 0 bridgehead atoms. The van der Waals surface area contributed by atoms with Gasteiger partial charge >= 0.3 is 0 Å². The normalized spacial score (nSPS) is 13.4. The Morgan fingerprint density at radius 1 is 1.29 bits per heavy atom. The summed E-state index contributed by atoms with van der Waals surface area (Å²) in [5.74, 6) is -0.986. The summed E-state index contributed by atoms with van der Waals surface area (Å²) >= 11 is 0. The molecule has 0 spiro atoms. The first-order valence-corrected chi connectivity index (χ1v) is 9.38. The van der Waals surface area contributed by atoms with Gasteiger partial charge in [0.15, 0.2) is 0 Å². The highest BCUT2D eigenvalue weighted by molar-refractivity contribution is 7.92. The molecule has 1 aromatic carbocycles. The van der Waals surface area contributed by atoms with Crippen LogP contribution in [0, 0.1) is 5.41 Å². The minimum absolute atomic E-state index is 0.122. The number of aliphatic hydroxyl groups excluding tert-OH is 2. The molecule has 0 radical (unpaired) electrons. The van der Waals surface area contributed by atoms with Crippen LogP contribution in [-0.2, 0) is 14.8 Å². The molecule has 0 aliphatic carbocycles. The predicted octanol–water partition coefficient (Wildman–Crippen LogP) is 0.338. The lowest BCUT2D eigenvalue weighted by atomic mass is 9.87. The number of hydrogen-bond acceptors (Lipinski definition) is 5. The van der Waals surface area contributed by atoms with Crippen molar-refractivity contribution in [1.82, 2.24) is 5.32 Å². The van der Waals surface area contributed by atoms with Crippen LogP contribution in [0.25, 0.3) is 0 Å². The summed E-state index contributed by atoms with van der Waals surface area (Å²) in [5.41, 5.74) is -0.435. The second-order valence-corrected chi connectivity index (χ2v) is 8.17. The van der Waals surface area contributed by atoms with E-state index in [1.807, 2.05) is 0 Å². The fourth-order valence-corrected chi connectivity index (χ4v) is 3.50. The average Bonchev–Trinajstić information content (AvgIpc) is 2.55. The van der Waals surface area contributed by atoms with Gasteiger partial charge < -0.3 is 15.5 Å². The third-order valence-electron chi connectivity index (χ3n) is 3.72. The summed E-state index contributed by atoms with van der Waals surface area (Å²) in [4.78, 5) is 11.9. The van der Waals surface area contributed by atoms with Crippen LogP contribution in [-0.4, -0.2) is 56.1 Å². The highest BCUT2D eigenvalue weighted by atomic mass is 32.2. The Hall–Kier alpha value is -1.64. The number of amides is 1. The largest absolute Gasteiger partial charge is 0.396 e. The maximum Gasteiger partial charge on any atom is 0.249 e. The van der Waals surface area contributed by atoms with E-state index < -0.39 is 27.4 Å². The quantitative estimate of drug-likeness (QED) is 0.590. The Morgan fingerprint density at radius 3 is 2.38 bits per heavy atom. The minimum Gasteiger partial charge on any atom is -0.396 e. The van der Waals surface area contributed by atoms with Crippen molar-refractivity contribution < 1.29 is 23.4 Å². The van der Waals surface area contributed by atoms with Crippen molar-refractivity contribution in [2.45, 2.75) is 26.9 Å². The number of nitrogens with zero attached hydrogens (tertiary/aromatic N) is 1. The number of carbonyl (C=O) groups is 1. The lowest BCUT2D eigenvalue weighted by Crippen LogP contribution is -2.47. The van der Waals surface area contributed by atoms with Gasteiger partial charge in [-0.2, -0.15) is 0 Å². The summed E-state index contributed by atoms with van der Waals surface area (Å²) in [5, 5.41) is 21.4. The Kier molecular flexibility index (Phi) is 7.19. The molecule has 0 aliphatic rings. The second-order valence-electron chi connectivity index (χ2n) is 6.16. The third kappa shape index (κ3) is 5.19. The van der Waals surface area contributed by atoms with E-state index in [1.165, 1.54) is 4.31 Å². The van der Waals surface area contributed by atoms with Crippen LogP contribution in [0.2, 0.25) is 0 Å². The molecule has 136 valence electrons. The highest BCUT2D eigenvalue weighted by Crippen LogP contribution is 2.20. The molecule has 0 saturated carbocycles. The number of benzene rings is 1. The molecule has 1 unspecified atom stereocenters. The molecule has 0 aromatic heterocycles. The number of hydrogen-bond donors (Lipinski definition) is 3. The van der Waals surface area contributed by atoms with Gasteiger partial charge in [0, 0.05) is 18.5 Å². The number of rotatable bonds is 9. The number of sulfonamides is 1. The van der Waals surface area contributed by atoms with Crippen molar-refractivity contribution in [2.24, 2.45) is 5.41 Å². The molecule has 0 heterocycles. The standard InChI is InChI=1S/C16H26N2O5S/c1-4-18(13-8-6-5-7-9-13)24(22,23)11-10-17-15(21)14(20)16(2,3)12-19/h5-9,14,19-20H,4,10-12H2,1-3H3,(H,17,21). The molecule has 0 saturated heterocycles. The lowest BCUT2D eigenvalue weighted by Gasteiger charge is -2.27. The van der Waals surface area contributed by atoms with Gasteiger partial charge in [-0.3, -0.25) is 9.10 Å². The summed E-state index contributed by atoms with van der Waals surface area (Å²) < 4.78 is 26.1. The molecule has 24 heavy (non-hydrogen) atoms. The van der Waals surface area contributed by atoms with Crippen molar-refractivity contribution in [1.29, 1.82) is 0 Å². The first-order chi connectivity index (χ1) is 11.2. The average molecular weight is 358 g/mol. The van der Waals surface area contributed by atoms with E-state index in [-0.39, 0.29) is 25.4 Å². The van der Waals surface area contributed by atoms with Crippen LogP contribution in [0.15, 0.2) is 30.3 Å². The molecule has 0 fully saturated rings. The maximum absolute atomic E-state index is 12.4. The minimum atomic E-state index is -3.60. The first kappa shape index (κ1) is 20.4. The molecule has 8 heteroatoms. The molecular weight excluding hydrogens is 332 g/mol. The van der Waals surface area contributed by atoms with Crippen molar-refractivity contribution >= 4 is 21.6 Å². The van der Waals surface area contributed by atoms with Crippen molar-refractivity contribution in [3.05, 3.63) is 30.3 Å². The van der Waals surface area contributed by atoms with Gasteiger partial charge in [0.2, 0.25) is 15.9 Å². The molecule has 1 rings (SSSR count). The van der Waals surface area contributed by atoms with E-state index in [9.17, 15) is 18.3 Å². The zero-order valence-corrected chi connectivity index (χ0v) is 15.1. The smallest absolute Gasteiger partial charge is 0.249 e. The fourth-order valence-electron chi connectivity index (χ4n) is 2.09.